The number of carbonyl (C=O) groups excluding carboxylic acids is 3. The Bertz CT molecular complexity index is 5690. The number of pyridine rings is 1. The van der Waals surface area contributed by atoms with Gasteiger partial charge in [-0.1, -0.05) is 118 Å². The number of nitrogen functional groups attached to an aromatic ring is 4. The van der Waals surface area contributed by atoms with Gasteiger partial charge in [-0.2, -0.15) is 13.2 Å². The van der Waals surface area contributed by atoms with Gasteiger partial charge < -0.3 is 94.6 Å². The third kappa shape index (κ3) is 47.9. The average molecular weight is 1920 g/mol. The van der Waals surface area contributed by atoms with Gasteiger partial charge in [0.05, 0.1) is 75.1 Å². The van der Waals surface area contributed by atoms with Crippen LogP contribution >= 0.6 is 34.8 Å². The lowest BCUT2D eigenvalue weighted by atomic mass is 10.1. The fourth-order valence-electron chi connectivity index (χ4n) is 10.6. The Kier molecular flexibility index (Phi) is 51.6. The molecule has 0 fully saturated rings. The minimum absolute atomic E-state index is 0.0492. The molecule has 714 valence electrons. The van der Waals surface area contributed by atoms with Crippen molar-refractivity contribution < 1.29 is 107 Å². The van der Waals surface area contributed by atoms with Crippen LogP contribution in [0, 0.1) is 110 Å². The maximum atomic E-state index is 12.5. The zero-order valence-electron chi connectivity index (χ0n) is 76.3. The molecule has 33 heteroatoms. The van der Waals surface area contributed by atoms with Gasteiger partial charge in [-0.15, -0.1) is 0 Å². The molecular formula is C100H116Cl3F4N7O18S. The maximum absolute atomic E-state index is 12.5. The van der Waals surface area contributed by atoms with Crippen LogP contribution in [-0.4, -0.2) is 105 Å². The first-order valence-electron chi connectivity index (χ1n) is 39.8. The molecule has 1 amide bonds. The first-order valence-corrected chi connectivity index (χ1v) is 42.8. The van der Waals surface area contributed by atoms with Crippen LogP contribution < -0.4 is 33.0 Å². The smallest absolute Gasteiger partial charge is 0.418 e. The van der Waals surface area contributed by atoms with Crippen LogP contribution in [0.4, 0.5) is 51.7 Å². The molecule has 0 spiro atoms. The minimum Gasteiger partial charge on any atom is -0.508 e. The number of alkyl halides is 3. The second kappa shape index (κ2) is 58.6. The molecule has 13 rings (SSSR count). The number of rotatable bonds is 9. The van der Waals surface area contributed by atoms with Crippen molar-refractivity contribution in [3.8, 4) is 57.5 Å². The van der Waals surface area contributed by atoms with Gasteiger partial charge in [-0.25, -0.2) is 12.8 Å². The van der Waals surface area contributed by atoms with E-state index in [1.807, 2.05) is 113 Å². The SMILES string of the molecule is Cc1cc(C=O)cc(C=O)c1.Cc1cc(Cl)c(N)c(C(F)(F)F)c1.Cc1cc(Cl)c(N)c(Cl)c1.Cc1cc(N)cc(CO)c1.Cc1cc(O)cc(O)c1.Cc1ccc(F)c(C)c1.Cc1ccc(O)c(C)c1.Cc1ccc(O)c(CO)c1.Cc1ccc(O)c(CO)n1.Cc1ccc(O)c(N)c1.Cc1ccc(O)c(NC=O)c1.Cc1ccc(O)c(NS(C)(=O)=O)c1.Cc1ccc(O)c(O)c1. The molecule has 13 aromatic rings. The fourth-order valence-corrected chi connectivity index (χ4v) is 12.1. The van der Waals surface area contributed by atoms with E-state index in [0.29, 0.717) is 72.9 Å². The van der Waals surface area contributed by atoms with E-state index in [-0.39, 0.29) is 88.1 Å². The molecule has 0 aliphatic carbocycles. The average Bonchev–Trinajstić information content (AvgIpc) is 0.812. The summed E-state index contributed by atoms with van der Waals surface area (Å²) < 4.78 is 73.2. The Labute approximate surface area is 787 Å². The number of aromatic nitrogens is 1. The second-order valence-corrected chi connectivity index (χ2v) is 32.8. The number of phenols is 9. The van der Waals surface area contributed by atoms with Gasteiger partial charge in [0.25, 0.3) is 0 Å². The molecule has 0 radical (unpaired) electrons. The summed E-state index contributed by atoms with van der Waals surface area (Å²) in [6.45, 7) is 27.6. The van der Waals surface area contributed by atoms with Crippen LogP contribution in [0.25, 0.3) is 0 Å². The van der Waals surface area contributed by atoms with Gasteiger partial charge >= 0.3 is 6.18 Å². The molecule has 0 saturated heterocycles. The number of nitrogens with two attached hydrogens (primary N) is 4. The molecule has 0 aliphatic rings. The number of hydrogen-bond donors (Lipinski definition) is 19. The summed E-state index contributed by atoms with van der Waals surface area (Å²) in [6.07, 6.45) is -1.40. The van der Waals surface area contributed by atoms with Crippen molar-refractivity contribution in [1.82, 2.24) is 4.98 Å². The third-order valence-electron chi connectivity index (χ3n) is 17.0. The van der Waals surface area contributed by atoms with Crippen LogP contribution in [0.2, 0.25) is 15.1 Å². The Hall–Kier alpha value is -14.0. The predicted molar refractivity (Wildman–Crippen MR) is 524 cm³/mol. The van der Waals surface area contributed by atoms with Crippen molar-refractivity contribution in [3.63, 3.8) is 0 Å². The fraction of sp³-hybridized carbons (Fsp3) is 0.200. The van der Waals surface area contributed by atoms with Gasteiger partial charge in [-0.05, 0) is 316 Å². The number of aliphatic hydroxyl groups is 3. The molecule has 0 atom stereocenters. The predicted octanol–water partition coefficient (Wildman–Crippen LogP) is 21.5. The number of aliphatic hydroxyl groups excluding tert-OH is 3. The van der Waals surface area contributed by atoms with Crippen molar-refractivity contribution in [1.29, 1.82) is 0 Å². The number of aryl methyl sites for hydroxylation is 15. The van der Waals surface area contributed by atoms with Gasteiger partial charge in [-0.3, -0.25) is 24.1 Å². The lowest BCUT2D eigenvalue weighted by Gasteiger charge is -2.11. The van der Waals surface area contributed by atoms with E-state index < -0.39 is 27.5 Å². The summed E-state index contributed by atoms with van der Waals surface area (Å²) >= 11 is 16.9. The third-order valence-corrected chi connectivity index (χ3v) is 18.6. The number of nitrogens with zero attached hydrogens (tertiary/aromatic N) is 1. The van der Waals surface area contributed by atoms with Crippen molar-refractivity contribution in [2.75, 3.05) is 39.2 Å². The van der Waals surface area contributed by atoms with Crippen LogP contribution in [0.5, 0.6) is 57.5 Å². The molecule has 1 aromatic heterocycles. The number of phenolic OH excluding ortho intramolecular Hbond substituents is 8. The topological polar surface area (TPSA) is 489 Å². The number of sulfonamides is 1. The number of amides is 1. The largest absolute Gasteiger partial charge is 0.508 e. The lowest BCUT2D eigenvalue weighted by molar-refractivity contribution is -0.137. The molecular weight excluding hydrogens is 1800 g/mol. The number of hydrogen-bond acceptors (Lipinski definition) is 23. The zero-order valence-corrected chi connectivity index (χ0v) is 79.4. The van der Waals surface area contributed by atoms with Crippen LogP contribution in [0.15, 0.2) is 218 Å². The first-order chi connectivity index (χ1) is 62.0. The quantitative estimate of drug-likeness (QED) is 0.0276. The summed E-state index contributed by atoms with van der Waals surface area (Å²) in [5, 5.41) is 119. The number of nitrogens with one attached hydrogen (secondary N) is 2. The highest BCUT2D eigenvalue weighted by Crippen LogP contribution is 2.38. The van der Waals surface area contributed by atoms with Crippen molar-refractivity contribution in [2.45, 2.75) is 130 Å². The van der Waals surface area contributed by atoms with Gasteiger partial charge in [0.15, 0.2) is 11.5 Å². The highest BCUT2D eigenvalue weighted by molar-refractivity contribution is 7.92. The van der Waals surface area contributed by atoms with E-state index in [4.69, 9.17) is 119 Å². The number of carbonyl (C=O) groups is 3. The summed E-state index contributed by atoms with van der Waals surface area (Å²) in [4.78, 5) is 34.5. The van der Waals surface area contributed by atoms with Crippen molar-refractivity contribution in [2.24, 2.45) is 0 Å². The number of aldehydes is 2. The summed E-state index contributed by atoms with van der Waals surface area (Å²) in [5.74, 6) is 0.706. The van der Waals surface area contributed by atoms with E-state index in [0.717, 1.165) is 103 Å². The van der Waals surface area contributed by atoms with Crippen LogP contribution in [0.1, 0.15) is 127 Å². The lowest BCUT2D eigenvalue weighted by Crippen LogP contribution is -2.09. The van der Waals surface area contributed by atoms with E-state index in [9.17, 15) is 45.5 Å². The van der Waals surface area contributed by atoms with Gasteiger partial charge in [0, 0.05) is 34.1 Å². The Balaban J connectivity index is 0.000000722. The van der Waals surface area contributed by atoms with E-state index in [1.54, 1.807) is 154 Å². The van der Waals surface area contributed by atoms with Crippen molar-refractivity contribution >= 4 is 97.9 Å². The highest BCUT2D eigenvalue weighted by Gasteiger charge is 2.34. The normalized spacial score (nSPS) is 9.94. The van der Waals surface area contributed by atoms with Crippen LogP contribution in [0.3, 0.4) is 0 Å². The van der Waals surface area contributed by atoms with Crippen molar-refractivity contribution in [3.05, 3.63) is 356 Å². The van der Waals surface area contributed by atoms with Gasteiger partial charge in [0.1, 0.15) is 70.1 Å². The van der Waals surface area contributed by atoms with Crippen LogP contribution in [-0.2, 0) is 40.8 Å². The summed E-state index contributed by atoms with van der Waals surface area (Å²) in [6, 6.07) is 59.5. The minimum atomic E-state index is -4.44. The summed E-state index contributed by atoms with van der Waals surface area (Å²) in [7, 11) is -3.33. The highest BCUT2D eigenvalue weighted by atomic mass is 35.5. The molecule has 0 unspecified atom stereocenters. The standard InChI is InChI=1S/C9H8O2.C8H7ClF3N.C8H9F.C8H11NO3S.C8H9NO2.C8H11NO.C8H10O2.C8H10O.C7H7Cl2N.C7H9NO2.C7H9NO.2C7H8O2/c1-7-2-8(5-10)4-9(3-7)6-11;1-4-2-5(8(10,11)12)7(13)6(9)3-4;1-6-3-4-8(9)7(2)5-6;1-6-3-4-8(10)7(5-6)9-13(2,11)12;1-6-2-3-8(11)7(4-6)9-5-10;1-6-2-7(5-10)4-8(9)3-6;1-6-2-3-8(10)7(4-6)5-9;1-6-3-4-8(9)7(2)5-6;1-4-2-5(8)7(10)6(9)3-4;1-5-2-3-7(10)6(4-9)8-5;1-5-2-3-7(9)6(8)4-5;1-5-2-6(8)4-7(9)3-5;1-5-2-3-6(8)7(9)4-5/h2-6H,1H3;2-3H,13H2,1H3;3-5H,1-2H3;3-5,9-10H,1-2H3;2-5,11H,1H3,(H,9,10);2-4,10H,5,9H2,1H3;2-4,9-10H,5H2,1H3;3-5,9H,1-2H3;2-3H,10H2,1H3;2-3,9-10H,4H2,1H3;2-4,9H,8H2,1H3;2*2-4,8-9H,1H3. The number of halogens is 7. The maximum Gasteiger partial charge on any atom is 0.418 e. The molecule has 12 aromatic carbocycles. The van der Waals surface area contributed by atoms with E-state index in [2.05, 4.69) is 15.0 Å². The zero-order chi connectivity index (χ0) is 101. The molecule has 1 heterocycles. The number of benzene rings is 12. The van der Waals surface area contributed by atoms with Gasteiger partial charge in [0.2, 0.25) is 16.4 Å². The molecule has 133 heavy (non-hydrogen) atoms. The Morgan fingerprint density at radius 2 is 0.782 bits per heavy atom. The monoisotopic (exact) mass is 1920 g/mol. The molecule has 0 bridgehead atoms. The molecule has 0 aliphatic heterocycles. The Morgan fingerprint density at radius 1 is 0.376 bits per heavy atom. The van der Waals surface area contributed by atoms with E-state index in [1.165, 1.54) is 55.0 Å². The Morgan fingerprint density at radius 3 is 1.18 bits per heavy atom. The molecule has 25 nitrogen and oxygen atoms in total. The summed E-state index contributed by atoms with van der Waals surface area (Å²) in [5.41, 5.74) is 39.4. The van der Waals surface area contributed by atoms with E-state index >= 15 is 0 Å². The second-order valence-electron chi connectivity index (χ2n) is 29.8. The first kappa shape index (κ1) is 117. The molecule has 0 saturated carbocycles. The number of aromatic hydroxyl groups is 10. The number of anilines is 6. The molecule has 23 N–H and O–H groups in total.